The van der Waals surface area contributed by atoms with E-state index in [1.54, 1.807) is 4.68 Å². The lowest BCUT2D eigenvalue weighted by atomic mass is 10.1. The number of carbonyl (C=O) groups excluding carboxylic acids is 2. The summed E-state index contributed by atoms with van der Waals surface area (Å²) in [6, 6.07) is 8.00. The molecule has 6 nitrogen and oxygen atoms in total. The Morgan fingerprint density at radius 3 is 2.42 bits per heavy atom. The van der Waals surface area contributed by atoms with Gasteiger partial charge in [0.15, 0.2) is 6.61 Å². The van der Waals surface area contributed by atoms with Crippen LogP contribution in [0.2, 0.25) is 0 Å². The zero-order valence-corrected chi connectivity index (χ0v) is 16.1. The van der Waals surface area contributed by atoms with E-state index in [4.69, 9.17) is 4.74 Å². The normalized spacial score (nSPS) is 10.8. The second kappa shape index (κ2) is 8.65. The highest BCUT2D eigenvalue weighted by Gasteiger charge is 2.16. The average molecular weight is 357 g/mol. The van der Waals surface area contributed by atoms with Crippen LogP contribution in [-0.2, 0) is 14.3 Å². The van der Waals surface area contributed by atoms with Gasteiger partial charge in [-0.1, -0.05) is 31.5 Å². The molecule has 6 heteroatoms. The second-order valence-electron chi connectivity index (χ2n) is 6.93. The number of rotatable bonds is 7. The van der Waals surface area contributed by atoms with E-state index in [1.807, 2.05) is 58.9 Å². The number of ether oxygens (including phenoxy) is 1. The number of hydrogen-bond donors (Lipinski definition) is 1. The summed E-state index contributed by atoms with van der Waals surface area (Å²) in [7, 11) is 0. The molecule has 0 fully saturated rings. The molecule has 0 bridgehead atoms. The highest BCUT2D eigenvalue weighted by Crippen LogP contribution is 2.23. The third kappa shape index (κ3) is 5.18. The zero-order chi connectivity index (χ0) is 19.3. The van der Waals surface area contributed by atoms with Crippen molar-refractivity contribution in [1.82, 2.24) is 9.78 Å². The fourth-order valence-electron chi connectivity index (χ4n) is 2.56. The summed E-state index contributed by atoms with van der Waals surface area (Å²) in [6.07, 6.45) is 1.08. The van der Waals surface area contributed by atoms with Gasteiger partial charge in [0.05, 0.1) is 22.8 Å². The van der Waals surface area contributed by atoms with Gasteiger partial charge in [-0.2, -0.15) is 5.10 Å². The third-order valence-electron chi connectivity index (χ3n) is 4.12. The largest absolute Gasteiger partial charge is 0.456 e. The summed E-state index contributed by atoms with van der Waals surface area (Å²) < 4.78 is 6.82. The smallest absolute Gasteiger partial charge is 0.306 e. The first-order chi connectivity index (χ1) is 12.3. The maximum absolute atomic E-state index is 12.1. The van der Waals surface area contributed by atoms with Gasteiger partial charge in [-0.05, 0) is 45.2 Å². The van der Waals surface area contributed by atoms with Crippen LogP contribution in [0.3, 0.4) is 0 Å². The quantitative estimate of drug-likeness (QED) is 0.767. The minimum atomic E-state index is -0.363. The number of aryl methyl sites for hydroxylation is 2. The maximum Gasteiger partial charge on any atom is 0.306 e. The highest BCUT2D eigenvalue weighted by molar-refractivity contribution is 5.93. The summed E-state index contributed by atoms with van der Waals surface area (Å²) in [6.45, 7) is 9.55. The van der Waals surface area contributed by atoms with E-state index in [1.165, 1.54) is 5.56 Å². The van der Waals surface area contributed by atoms with Crippen LogP contribution in [0.5, 0.6) is 0 Å². The van der Waals surface area contributed by atoms with Crippen molar-refractivity contribution in [3.05, 3.63) is 41.2 Å². The molecule has 0 aliphatic heterocycles. The van der Waals surface area contributed by atoms with Gasteiger partial charge in [-0.15, -0.1) is 0 Å². The van der Waals surface area contributed by atoms with E-state index in [0.29, 0.717) is 23.7 Å². The van der Waals surface area contributed by atoms with Crippen LogP contribution in [0.1, 0.15) is 43.6 Å². The minimum Gasteiger partial charge on any atom is -0.456 e. The van der Waals surface area contributed by atoms with E-state index in [0.717, 1.165) is 17.8 Å². The van der Waals surface area contributed by atoms with Gasteiger partial charge >= 0.3 is 5.97 Å². The molecular weight excluding hydrogens is 330 g/mol. The molecule has 1 aromatic carbocycles. The molecule has 140 valence electrons. The number of benzene rings is 1. The van der Waals surface area contributed by atoms with Crippen molar-refractivity contribution in [3.63, 3.8) is 0 Å². The topological polar surface area (TPSA) is 73.2 Å². The molecule has 0 saturated carbocycles. The summed E-state index contributed by atoms with van der Waals surface area (Å²) in [5, 5.41) is 7.30. The van der Waals surface area contributed by atoms with Crippen LogP contribution in [0, 0.1) is 26.7 Å². The molecule has 0 spiro atoms. The summed E-state index contributed by atoms with van der Waals surface area (Å²) in [5.74, 6) is -0.288. The first-order valence-corrected chi connectivity index (χ1v) is 8.86. The monoisotopic (exact) mass is 357 g/mol. The lowest BCUT2D eigenvalue weighted by Crippen LogP contribution is -2.21. The predicted octanol–water partition coefficient (Wildman–Crippen LogP) is 3.72. The van der Waals surface area contributed by atoms with Crippen LogP contribution in [0.25, 0.3) is 5.69 Å². The Kier molecular flexibility index (Phi) is 6.55. The van der Waals surface area contributed by atoms with Crippen LogP contribution in [-0.4, -0.2) is 28.3 Å². The third-order valence-corrected chi connectivity index (χ3v) is 4.12. The van der Waals surface area contributed by atoms with Crippen molar-refractivity contribution in [2.24, 2.45) is 5.92 Å². The van der Waals surface area contributed by atoms with E-state index in [-0.39, 0.29) is 18.5 Å². The van der Waals surface area contributed by atoms with Gasteiger partial charge in [-0.25, -0.2) is 4.68 Å². The number of hydrogen-bond acceptors (Lipinski definition) is 4. The Hall–Kier alpha value is -2.63. The molecule has 0 aliphatic rings. The molecule has 0 aliphatic carbocycles. The molecular formula is C20H27N3O3. The van der Waals surface area contributed by atoms with E-state index >= 15 is 0 Å². The van der Waals surface area contributed by atoms with Crippen molar-refractivity contribution in [1.29, 1.82) is 0 Å². The number of nitrogens with zero attached hydrogens (tertiary/aromatic N) is 2. The van der Waals surface area contributed by atoms with Gasteiger partial charge in [-0.3, -0.25) is 9.59 Å². The molecule has 2 rings (SSSR count). The first kappa shape index (κ1) is 19.7. The second-order valence-corrected chi connectivity index (χ2v) is 6.93. The number of nitrogens with one attached hydrogen (secondary N) is 1. The molecule has 1 heterocycles. The Balaban J connectivity index is 2.00. The number of carbonyl (C=O) groups is 2. The zero-order valence-electron chi connectivity index (χ0n) is 16.1. The number of amides is 1. The number of esters is 1. The van der Waals surface area contributed by atoms with Crippen LogP contribution in [0.4, 0.5) is 5.69 Å². The molecule has 1 N–H and O–H groups in total. The van der Waals surface area contributed by atoms with Crippen molar-refractivity contribution >= 4 is 17.6 Å². The number of aromatic nitrogens is 2. The first-order valence-electron chi connectivity index (χ1n) is 8.86. The van der Waals surface area contributed by atoms with Gasteiger partial charge in [0.25, 0.3) is 5.91 Å². The van der Waals surface area contributed by atoms with Gasteiger partial charge in [0, 0.05) is 6.42 Å². The lowest BCUT2D eigenvalue weighted by Gasteiger charge is -2.08. The van der Waals surface area contributed by atoms with Crippen LogP contribution < -0.4 is 5.32 Å². The molecule has 0 saturated heterocycles. The van der Waals surface area contributed by atoms with E-state index in [9.17, 15) is 9.59 Å². The Bertz CT molecular complexity index is 776. The highest BCUT2D eigenvalue weighted by atomic mass is 16.5. The predicted molar refractivity (Wildman–Crippen MR) is 101 cm³/mol. The van der Waals surface area contributed by atoms with Crippen molar-refractivity contribution < 1.29 is 14.3 Å². The van der Waals surface area contributed by atoms with Crippen molar-refractivity contribution in [2.45, 2.75) is 47.5 Å². The summed E-state index contributed by atoms with van der Waals surface area (Å²) >= 11 is 0. The minimum absolute atomic E-state index is 0.286. The van der Waals surface area contributed by atoms with Gasteiger partial charge in [0.1, 0.15) is 0 Å². The van der Waals surface area contributed by atoms with Crippen LogP contribution >= 0.6 is 0 Å². The van der Waals surface area contributed by atoms with Gasteiger partial charge in [0.2, 0.25) is 0 Å². The van der Waals surface area contributed by atoms with E-state index in [2.05, 4.69) is 10.4 Å². The SMILES string of the molecule is Cc1ccc(-n2nc(C)c(NC(=O)COC(=O)CCC(C)C)c2C)cc1. The Labute approximate surface area is 154 Å². The van der Waals surface area contributed by atoms with Crippen molar-refractivity contribution in [2.75, 3.05) is 11.9 Å². The van der Waals surface area contributed by atoms with Crippen LogP contribution in [0.15, 0.2) is 24.3 Å². The molecule has 1 amide bonds. The fourth-order valence-corrected chi connectivity index (χ4v) is 2.56. The summed E-state index contributed by atoms with van der Waals surface area (Å²) in [5.41, 5.74) is 4.28. The standard InChI is InChI=1S/C20H27N3O3/c1-13(2)6-11-19(25)26-12-18(24)21-20-15(4)22-23(16(20)5)17-9-7-14(3)8-10-17/h7-10,13H,6,11-12H2,1-5H3,(H,21,24). The molecule has 1 aromatic heterocycles. The van der Waals surface area contributed by atoms with Crippen molar-refractivity contribution in [3.8, 4) is 5.69 Å². The fraction of sp³-hybridized carbons (Fsp3) is 0.450. The van der Waals surface area contributed by atoms with E-state index < -0.39 is 0 Å². The lowest BCUT2D eigenvalue weighted by molar-refractivity contribution is -0.147. The molecule has 2 aromatic rings. The average Bonchev–Trinajstić information content (AvgIpc) is 2.87. The maximum atomic E-state index is 12.1. The molecule has 0 atom stereocenters. The molecule has 0 unspecified atom stereocenters. The molecule has 0 radical (unpaired) electrons. The Morgan fingerprint density at radius 2 is 1.81 bits per heavy atom. The summed E-state index contributed by atoms with van der Waals surface area (Å²) in [4.78, 5) is 23.8. The number of anilines is 1. The van der Waals surface area contributed by atoms with Gasteiger partial charge < -0.3 is 10.1 Å². The Morgan fingerprint density at radius 1 is 1.15 bits per heavy atom. The molecule has 26 heavy (non-hydrogen) atoms.